The molecule has 0 amide bonds. The summed E-state index contributed by atoms with van der Waals surface area (Å²) >= 11 is 0. The van der Waals surface area contributed by atoms with Gasteiger partial charge in [-0.1, -0.05) is 48.6 Å². The van der Waals surface area contributed by atoms with E-state index in [1.54, 1.807) is 0 Å². The summed E-state index contributed by atoms with van der Waals surface area (Å²) in [5.41, 5.74) is -1.93. The van der Waals surface area contributed by atoms with Gasteiger partial charge < -0.3 is 10.2 Å². The third-order valence-corrected chi connectivity index (χ3v) is 7.38. The number of allylic oxidation sites excluding steroid dienone is 4. The molecular formula is C18H18O2. The molecule has 0 aliphatic heterocycles. The molecule has 4 atom stereocenters. The van der Waals surface area contributed by atoms with E-state index >= 15 is 0 Å². The minimum Gasteiger partial charge on any atom is -0.386 e. The smallest absolute Gasteiger partial charge is 0.108 e. The van der Waals surface area contributed by atoms with Crippen LogP contribution in [-0.2, 0) is 0 Å². The van der Waals surface area contributed by atoms with E-state index in [0.717, 1.165) is 0 Å². The normalized spacial score (nSPS) is 69.1. The molecule has 0 heterocycles. The summed E-state index contributed by atoms with van der Waals surface area (Å²) in [5.74, 6) is 2.57. The molecule has 6 rings (SSSR count). The zero-order chi connectivity index (χ0) is 13.3. The molecule has 102 valence electrons. The third-order valence-electron chi connectivity index (χ3n) is 7.38. The first-order chi connectivity index (χ1) is 9.67. The van der Waals surface area contributed by atoms with Crippen LogP contribution in [-0.4, -0.2) is 21.4 Å². The zero-order valence-corrected chi connectivity index (χ0v) is 11.1. The van der Waals surface area contributed by atoms with Gasteiger partial charge in [-0.25, -0.2) is 0 Å². The summed E-state index contributed by atoms with van der Waals surface area (Å²) in [6, 6.07) is 0. The van der Waals surface area contributed by atoms with Gasteiger partial charge in [0.15, 0.2) is 0 Å². The van der Waals surface area contributed by atoms with Gasteiger partial charge in [0.1, 0.15) is 11.2 Å². The van der Waals surface area contributed by atoms with Crippen LogP contribution in [0.3, 0.4) is 0 Å². The van der Waals surface area contributed by atoms with Crippen molar-refractivity contribution >= 4 is 0 Å². The molecule has 2 saturated carbocycles. The quantitative estimate of drug-likeness (QED) is 0.709. The fourth-order valence-corrected chi connectivity index (χ4v) is 6.59. The number of hydrogen-bond donors (Lipinski definition) is 2. The second-order valence-electron chi connectivity index (χ2n) is 7.60. The standard InChI is InChI=1S/C18H18O2/c19-17(11-5-1-9-2-6-12(17)15(9)11)18(20)13-7-3-10-4-8-14(18)16(10)13/h1-16,19-20H/t9?,10?,11-,12-,13-,14-,15?,16?,17?,18?/m1/s1. The first-order valence-corrected chi connectivity index (χ1v) is 7.85. The Morgan fingerprint density at radius 3 is 1.10 bits per heavy atom. The predicted octanol–water partition coefficient (Wildman–Crippen LogP) is 1.68. The second kappa shape index (κ2) is 2.77. The molecule has 2 N–H and O–H groups in total. The van der Waals surface area contributed by atoms with Crippen LogP contribution in [0.4, 0.5) is 0 Å². The maximum Gasteiger partial charge on any atom is 0.108 e. The highest BCUT2D eigenvalue weighted by molar-refractivity contribution is 5.46. The van der Waals surface area contributed by atoms with E-state index in [0.29, 0.717) is 23.7 Å². The van der Waals surface area contributed by atoms with Gasteiger partial charge in [0, 0.05) is 23.7 Å². The molecule has 0 unspecified atom stereocenters. The Bertz CT molecular complexity index is 540. The van der Waals surface area contributed by atoms with Crippen molar-refractivity contribution in [1.29, 1.82) is 0 Å². The van der Waals surface area contributed by atoms with Crippen LogP contribution in [0.1, 0.15) is 0 Å². The summed E-state index contributed by atoms with van der Waals surface area (Å²) in [7, 11) is 0. The van der Waals surface area contributed by atoms with E-state index < -0.39 is 11.2 Å². The average Bonchev–Trinajstić information content (AvgIpc) is 3.09. The molecule has 6 aliphatic rings. The Balaban J connectivity index is 1.51. The maximum absolute atomic E-state index is 11.5. The lowest BCUT2D eigenvalue weighted by Gasteiger charge is -2.69. The van der Waals surface area contributed by atoms with E-state index in [4.69, 9.17) is 0 Å². The third kappa shape index (κ3) is 0.739. The Hall–Kier alpha value is -1.12. The molecule has 0 radical (unpaired) electrons. The molecule has 0 aromatic heterocycles. The van der Waals surface area contributed by atoms with E-state index in [1.165, 1.54) is 0 Å². The van der Waals surface area contributed by atoms with Gasteiger partial charge in [0.05, 0.1) is 0 Å². The van der Waals surface area contributed by atoms with Crippen LogP contribution >= 0.6 is 0 Å². The largest absolute Gasteiger partial charge is 0.386 e. The number of rotatable bonds is 1. The van der Waals surface area contributed by atoms with Crippen LogP contribution < -0.4 is 0 Å². The van der Waals surface area contributed by atoms with Crippen molar-refractivity contribution in [3.05, 3.63) is 48.6 Å². The number of aliphatic hydroxyl groups is 2. The minimum atomic E-state index is -0.963. The van der Waals surface area contributed by atoms with Crippen molar-refractivity contribution < 1.29 is 10.2 Å². The van der Waals surface area contributed by atoms with Crippen molar-refractivity contribution in [2.45, 2.75) is 11.2 Å². The van der Waals surface area contributed by atoms with Crippen LogP contribution in [0.25, 0.3) is 0 Å². The molecule has 2 fully saturated rings. The van der Waals surface area contributed by atoms with Gasteiger partial charge in [-0.3, -0.25) is 0 Å². The van der Waals surface area contributed by atoms with E-state index in [-0.39, 0.29) is 23.7 Å². The highest BCUT2D eigenvalue weighted by atomic mass is 16.4. The van der Waals surface area contributed by atoms with Crippen LogP contribution in [0, 0.1) is 47.3 Å². The molecule has 0 bridgehead atoms. The summed E-state index contributed by atoms with van der Waals surface area (Å²) in [6.07, 6.45) is 17.5. The summed E-state index contributed by atoms with van der Waals surface area (Å²) in [5, 5.41) is 23.0. The monoisotopic (exact) mass is 266 g/mol. The molecule has 0 spiro atoms. The van der Waals surface area contributed by atoms with Crippen molar-refractivity contribution in [2.24, 2.45) is 47.3 Å². The summed E-state index contributed by atoms with van der Waals surface area (Å²) < 4.78 is 0. The van der Waals surface area contributed by atoms with Gasteiger partial charge in [0.2, 0.25) is 0 Å². The van der Waals surface area contributed by atoms with Crippen LogP contribution in [0.2, 0.25) is 0 Å². The molecule has 0 saturated heterocycles. The lowest BCUT2D eigenvalue weighted by Crippen LogP contribution is -2.81. The van der Waals surface area contributed by atoms with Crippen molar-refractivity contribution in [3.8, 4) is 0 Å². The molecule has 0 aromatic carbocycles. The Morgan fingerprint density at radius 2 is 0.800 bits per heavy atom. The zero-order valence-electron chi connectivity index (χ0n) is 11.1. The lowest BCUT2D eigenvalue weighted by atomic mass is 9.38. The Morgan fingerprint density at radius 1 is 0.500 bits per heavy atom. The van der Waals surface area contributed by atoms with Gasteiger partial charge in [-0.2, -0.15) is 0 Å². The number of hydrogen-bond acceptors (Lipinski definition) is 2. The highest BCUT2D eigenvalue weighted by Crippen LogP contribution is 2.73. The van der Waals surface area contributed by atoms with E-state index in [2.05, 4.69) is 48.6 Å². The van der Waals surface area contributed by atoms with Gasteiger partial charge in [0.25, 0.3) is 0 Å². The van der Waals surface area contributed by atoms with Crippen molar-refractivity contribution in [2.75, 3.05) is 0 Å². The van der Waals surface area contributed by atoms with Crippen molar-refractivity contribution in [1.82, 2.24) is 0 Å². The highest BCUT2D eigenvalue weighted by Gasteiger charge is 2.80. The fraction of sp³-hybridized carbons (Fsp3) is 0.556. The lowest BCUT2D eigenvalue weighted by molar-refractivity contribution is -0.331. The van der Waals surface area contributed by atoms with Crippen molar-refractivity contribution in [3.63, 3.8) is 0 Å². The Kier molecular flexibility index (Phi) is 1.47. The first-order valence-electron chi connectivity index (χ1n) is 7.85. The molecule has 6 aliphatic carbocycles. The average molecular weight is 266 g/mol. The minimum absolute atomic E-state index is 0.139. The maximum atomic E-state index is 11.5. The van der Waals surface area contributed by atoms with Gasteiger partial charge in [-0.15, -0.1) is 0 Å². The first kappa shape index (κ1) is 10.6. The molecule has 0 aromatic rings. The van der Waals surface area contributed by atoms with Gasteiger partial charge in [-0.05, 0) is 23.7 Å². The summed E-state index contributed by atoms with van der Waals surface area (Å²) in [6.45, 7) is 0. The van der Waals surface area contributed by atoms with Crippen LogP contribution in [0.15, 0.2) is 48.6 Å². The van der Waals surface area contributed by atoms with E-state index in [1.807, 2.05) is 0 Å². The Labute approximate surface area is 118 Å². The second-order valence-corrected chi connectivity index (χ2v) is 7.60. The predicted molar refractivity (Wildman–Crippen MR) is 74.4 cm³/mol. The fourth-order valence-electron chi connectivity index (χ4n) is 6.59. The van der Waals surface area contributed by atoms with Crippen LogP contribution in [0.5, 0.6) is 0 Å². The molecular weight excluding hydrogens is 248 g/mol. The topological polar surface area (TPSA) is 40.5 Å². The molecule has 20 heavy (non-hydrogen) atoms. The molecule has 2 heteroatoms. The summed E-state index contributed by atoms with van der Waals surface area (Å²) in [4.78, 5) is 0. The van der Waals surface area contributed by atoms with E-state index in [9.17, 15) is 10.2 Å². The van der Waals surface area contributed by atoms with Gasteiger partial charge >= 0.3 is 0 Å². The molecule has 2 nitrogen and oxygen atoms in total. The SMILES string of the molecule is OC1(C2(O)[C@@H]3C=CC4C=C[C@@H]2C43)[C@@H]2C=CC3C=C[C@@H]1C32.